The van der Waals surface area contributed by atoms with Gasteiger partial charge in [-0.25, -0.2) is 4.79 Å². The summed E-state index contributed by atoms with van der Waals surface area (Å²) in [7, 11) is 0. The monoisotopic (exact) mass is 349 g/mol. The molecule has 1 heterocycles. The van der Waals surface area contributed by atoms with E-state index in [1.54, 1.807) is 0 Å². The number of hydrogen-bond acceptors (Lipinski definition) is 2. The molecule has 1 aliphatic heterocycles. The van der Waals surface area contributed by atoms with Crippen molar-refractivity contribution in [2.75, 3.05) is 38.0 Å². The van der Waals surface area contributed by atoms with Crippen LogP contribution < -0.4 is 5.32 Å². The average Bonchev–Trinajstić information content (AvgIpc) is 2.88. The van der Waals surface area contributed by atoms with Crippen molar-refractivity contribution >= 4 is 17.8 Å². The summed E-state index contributed by atoms with van der Waals surface area (Å²) in [5, 5.41) is 3.01. The van der Waals surface area contributed by atoms with Gasteiger partial charge in [0.05, 0.1) is 0 Å². The lowest BCUT2D eigenvalue weighted by Gasteiger charge is -2.22. The van der Waals surface area contributed by atoms with Crippen molar-refractivity contribution in [2.45, 2.75) is 13.3 Å². The topological polar surface area (TPSA) is 35.6 Å². The third-order valence-corrected chi connectivity index (χ3v) is 4.62. The van der Waals surface area contributed by atoms with Gasteiger partial charge in [0, 0.05) is 38.4 Å². The molecule has 0 aliphatic carbocycles. The molecule has 0 spiro atoms. The molecule has 4 heteroatoms. The highest BCUT2D eigenvalue weighted by molar-refractivity contribution is 5.89. The first kappa shape index (κ1) is 18.2. The summed E-state index contributed by atoms with van der Waals surface area (Å²) < 4.78 is 0. The third-order valence-electron chi connectivity index (χ3n) is 4.62. The first-order chi connectivity index (χ1) is 12.7. The van der Waals surface area contributed by atoms with E-state index in [1.165, 1.54) is 5.56 Å². The number of amides is 2. The van der Waals surface area contributed by atoms with Crippen molar-refractivity contribution in [3.8, 4) is 0 Å². The van der Waals surface area contributed by atoms with Crippen LogP contribution in [0.1, 0.15) is 17.5 Å². The van der Waals surface area contributed by atoms with E-state index in [0.717, 1.165) is 50.4 Å². The standard InChI is InChI=1S/C22H27N3O/c1-19-8-5-12-21(18-19)23-22(26)25-15-7-14-24(16-17-25)13-6-11-20-9-3-2-4-10-20/h2-6,8-12,18H,7,13-17H2,1H3,(H,23,26). The van der Waals surface area contributed by atoms with E-state index in [1.807, 2.05) is 42.2 Å². The zero-order valence-electron chi connectivity index (χ0n) is 15.4. The minimum Gasteiger partial charge on any atom is -0.323 e. The van der Waals surface area contributed by atoms with Crippen LogP contribution in [0, 0.1) is 6.92 Å². The van der Waals surface area contributed by atoms with Gasteiger partial charge in [-0.05, 0) is 36.6 Å². The maximum absolute atomic E-state index is 12.5. The molecule has 0 atom stereocenters. The summed E-state index contributed by atoms with van der Waals surface area (Å²) in [5.74, 6) is 0. The zero-order valence-corrected chi connectivity index (χ0v) is 15.4. The Morgan fingerprint density at radius 2 is 1.88 bits per heavy atom. The summed E-state index contributed by atoms with van der Waals surface area (Å²) >= 11 is 0. The first-order valence-electron chi connectivity index (χ1n) is 9.27. The van der Waals surface area contributed by atoms with E-state index in [9.17, 15) is 4.79 Å². The number of carbonyl (C=O) groups is 1. The molecule has 3 rings (SSSR count). The second-order valence-electron chi connectivity index (χ2n) is 6.75. The average molecular weight is 349 g/mol. The predicted molar refractivity (Wildman–Crippen MR) is 108 cm³/mol. The van der Waals surface area contributed by atoms with Crippen molar-refractivity contribution in [1.82, 2.24) is 9.80 Å². The van der Waals surface area contributed by atoms with Gasteiger partial charge in [-0.15, -0.1) is 0 Å². The largest absolute Gasteiger partial charge is 0.323 e. The van der Waals surface area contributed by atoms with Crippen LogP contribution in [0.25, 0.3) is 6.08 Å². The predicted octanol–water partition coefficient (Wildman–Crippen LogP) is 4.25. The van der Waals surface area contributed by atoms with Crippen molar-refractivity contribution in [1.29, 1.82) is 0 Å². The maximum Gasteiger partial charge on any atom is 0.321 e. The number of rotatable bonds is 4. The lowest BCUT2D eigenvalue weighted by molar-refractivity contribution is 0.212. The third kappa shape index (κ3) is 5.46. The van der Waals surface area contributed by atoms with E-state index < -0.39 is 0 Å². The van der Waals surface area contributed by atoms with Gasteiger partial charge in [0.2, 0.25) is 0 Å². The molecule has 2 aromatic carbocycles. The van der Waals surface area contributed by atoms with Gasteiger partial charge >= 0.3 is 6.03 Å². The van der Waals surface area contributed by atoms with Gasteiger partial charge in [-0.2, -0.15) is 0 Å². The summed E-state index contributed by atoms with van der Waals surface area (Å²) in [5.41, 5.74) is 3.23. The molecule has 0 saturated carbocycles. The second-order valence-corrected chi connectivity index (χ2v) is 6.75. The molecule has 136 valence electrons. The number of hydrogen-bond donors (Lipinski definition) is 1. The Kier molecular flexibility index (Phi) is 6.45. The highest BCUT2D eigenvalue weighted by Gasteiger charge is 2.18. The number of nitrogens with zero attached hydrogens (tertiary/aromatic N) is 2. The Bertz CT molecular complexity index is 742. The number of aryl methyl sites for hydroxylation is 1. The van der Waals surface area contributed by atoms with Crippen LogP contribution >= 0.6 is 0 Å². The van der Waals surface area contributed by atoms with E-state index >= 15 is 0 Å². The molecule has 1 saturated heterocycles. The van der Waals surface area contributed by atoms with Crippen LogP contribution in [-0.2, 0) is 0 Å². The highest BCUT2D eigenvalue weighted by atomic mass is 16.2. The number of anilines is 1. The maximum atomic E-state index is 12.5. The Morgan fingerprint density at radius 1 is 1.04 bits per heavy atom. The van der Waals surface area contributed by atoms with Crippen molar-refractivity contribution in [3.63, 3.8) is 0 Å². The Hall–Kier alpha value is -2.59. The number of carbonyl (C=O) groups excluding carboxylic acids is 1. The molecule has 2 amide bonds. The van der Waals surface area contributed by atoms with Gasteiger partial charge in [0.25, 0.3) is 0 Å². The van der Waals surface area contributed by atoms with Crippen LogP contribution in [0.3, 0.4) is 0 Å². The second kappa shape index (κ2) is 9.20. The van der Waals surface area contributed by atoms with Crippen molar-refractivity contribution in [2.24, 2.45) is 0 Å². The fourth-order valence-electron chi connectivity index (χ4n) is 3.18. The number of urea groups is 1. The lowest BCUT2D eigenvalue weighted by Crippen LogP contribution is -2.38. The fraction of sp³-hybridized carbons (Fsp3) is 0.318. The molecule has 4 nitrogen and oxygen atoms in total. The van der Waals surface area contributed by atoms with E-state index in [4.69, 9.17) is 0 Å². The van der Waals surface area contributed by atoms with Crippen LogP contribution in [0.15, 0.2) is 60.7 Å². The van der Waals surface area contributed by atoms with Crippen molar-refractivity contribution in [3.05, 3.63) is 71.8 Å². The highest BCUT2D eigenvalue weighted by Crippen LogP contribution is 2.12. The summed E-state index contributed by atoms with van der Waals surface area (Å²) in [6.07, 6.45) is 5.37. The molecule has 0 unspecified atom stereocenters. The Labute approximate surface area is 156 Å². The SMILES string of the molecule is Cc1cccc(NC(=O)N2CCCN(CC=Cc3ccccc3)CC2)c1. The summed E-state index contributed by atoms with van der Waals surface area (Å²) in [4.78, 5) is 16.8. The normalized spacial score (nSPS) is 15.8. The van der Waals surface area contributed by atoms with Gasteiger partial charge in [-0.3, -0.25) is 4.90 Å². The summed E-state index contributed by atoms with van der Waals surface area (Å²) in [6.45, 7) is 6.44. The molecule has 2 aromatic rings. The van der Waals surface area contributed by atoms with Gasteiger partial charge in [0.15, 0.2) is 0 Å². The Morgan fingerprint density at radius 3 is 2.69 bits per heavy atom. The molecule has 0 aromatic heterocycles. The number of nitrogens with one attached hydrogen (secondary N) is 1. The minimum atomic E-state index is -0.00252. The van der Waals surface area contributed by atoms with Crippen LogP contribution in [0.4, 0.5) is 10.5 Å². The van der Waals surface area contributed by atoms with E-state index in [0.29, 0.717) is 0 Å². The molecular weight excluding hydrogens is 322 g/mol. The van der Waals surface area contributed by atoms with Crippen LogP contribution in [0.5, 0.6) is 0 Å². The molecule has 26 heavy (non-hydrogen) atoms. The fourth-order valence-corrected chi connectivity index (χ4v) is 3.18. The first-order valence-corrected chi connectivity index (χ1v) is 9.27. The van der Waals surface area contributed by atoms with Gasteiger partial charge in [-0.1, -0.05) is 54.6 Å². The molecule has 0 bridgehead atoms. The van der Waals surface area contributed by atoms with Gasteiger partial charge < -0.3 is 10.2 Å². The lowest BCUT2D eigenvalue weighted by atomic mass is 10.2. The van der Waals surface area contributed by atoms with Gasteiger partial charge in [0.1, 0.15) is 0 Å². The Balaban J connectivity index is 1.48. The smallest absolute Gasteiger partial charge is 0.321 e. The molecular formula is C22H27N3O. The van der Waals surface area contributed by atoms with Crippen molar-refractivity contribution < 1.29 is 4.79 Å². The van der Waals surface area contributed by atoms with Crippen LogP contribution in [-0.4, -0.2) is 48.6 Å². The summed E-state index contributed by atoms with van der Waals surface area (Å²) in [6, 6.07) is 18.3. The van der Waals surface area contributed by atoms with E-state index in [-0.39, 0.29) is 6.03 Å². The minimum absolute atomic E-state index is 0.00252. The molecule has 1 N–H and O–H groups in total. The molecule has 1 aliphatic rings. The number of benzene rings is 2. The van der Waals surface area contributed by atoms with E-state index in [2.05, 4.69) is 46.6 Å². The molecule has 0 radical (unpaired) electrons. The van der Waals surface area contributed by atoms with Crippen LogP contribution in [0.2, 0.25) is 0 Å². The zero-order chi connectivity index (χ0) is 18.2. The quantitative estimate of drug-likeness (QED) is 0.896. The molecule has 1 fully saturated rings.